The molecule has 2 aliphatic heterocycles. The summed E-state index contributed by atoms with van der Waals surface area (Å²) in [6.45, 7) is 0. The molecule has 5 rings (SSSR count). The monoisotopic (exact) mass is 572 g/mol. The second kappa shape index (κ2) is 7.68. The first-order valence-electron chi connectivity index (χ1n) is 10.5. The number of hydrogen-bond donors (Lipinski definition) is 2. The van der Waals surface area contributed by atoms with Gasteiger partial charge in [0.05, 0.1) is 24.4 Å². The van der Waals surface area contributed by atoms with E-state index in [0.717, 1.165) is 4.90 Å². The van der Waals surface area contributed by atoms with Gasteiger partial charge in [0, 0.05) is 11.5 Å². The molecule has 9 nitrogen and oxygen atoms in total. The highest BCUT2D eigenvalue weighted by molar-refractivity contribution is 9.09. The molecule has 2 saturated heterocycles. The zero-order valence-corrected chi connectivity index (χ0v) is 20.8. The summed E-state index contributed by atoms with van der Waals surface area (Å²) < 4.78 is 5.30. The van der Waals surface area contributed by atoms with E-state index in [4.69, 9.17) is 27.9 Å². The van der Waals surface area contributed by atoms with Gasteiger partial charge in [0.2, 0.25) is 0 Å². The minimum absolute atomic E-state index is 0.111. The number of ether oxygens (including phenoxy) is 1. The van der Waals surface area contributed by atoms with Gasteiger partial charge in [-0.1, -0.05) is 27.6 Å². The van der Waals surface area contributed by atoms with Crippen molar-refractivity contribution in [3.8, 4) is 11.5 Å². The van der Waals surface area contributed by atoms with E-state index in [-0.39, 0.29) is 34.7 Å². The third kappa shape index (κ3) is 2.71. The van der Waals surface area contributed by atoms with E-state index in [2.05, 4.69) is 15.9 Å². The molecule has 3 fully saturated rings. The second-order valence-electron chi connectivity index (χ2n) is 8.90. The van der Waals surface area contributed by atoms with E-state index in [0.29, 0.717) is 11.3 Å². The van der Waals surface area contributed by atoms with Crippen molar-refractivity contribution in [3.05, 3.63) is 35.4 Å². The van der Waals surface area contributed by atoms with Crippen LogP contribution < -0.4 is 4.74 Å². The molecule has 6 unspecified atom stereocenters. The average Bonchev–Trinajstić information content (AvgIpc) is 3.12. The van der Waals surface area contributed by atoms with Gasteiger partial charge in [-0.25, -0.2) is 0 Å². The third-order valence-electron chi connectivity index (χ3n) is 7.54. The number of carbonyl (C=O) groups is 4. The molecule has 1 aromatic rings. The van der Waals surface area contributed by atoms with Crippen molar-refractivity contribution < 1.29 is 34.2 Å². The second-order valence-corrected chi connectivity index (χ2v) is 10.6. The van der Waals surface area contributed by atoms with Crippen molar-refractivity contribution in [2.45, 2.75) is 28.5 Å². The molecule has 1 aromatic carbocycles. The number of methoxy groups -OCH3 is 1. The lowest BCUT2D eigenvalue weighted by Gasteiger charge is -2.50. The summed E-state index contributed by atoms with van der Waals surface area (Å²) in [5, 5.41) is 20.9. The Labute approximate surface area is 212 Å². The predicted molar refractivity (Wildman–Crippen MR) is 122 cm³/mol. The lowest BCUT2D eigenvalue weighted by molar-refractivity contribution is -0.173. The van der Waals surface area contributed by atoms with Crippen LogP contribution in [0.5, 0.6) is 11.5 Å². The van der Waals surface area contributed by atoms with E-state index in [1.165, 1.54) is 25.3 Å². The minimum atomic E-state index is -2.02. The number of phenols is 1. The molecule has 34 heavy (non-hydrogen) atoms. The standard InChI is InChI=1S/C22H19BrCl2N2O7/c1-34-9-2-5-14(28)12(6-9)16-10-3-4-11-15(18(30)27(33)17(11)29)13(10)7-21(24)19(31)26(8-23)20(32)22(16,21)25/h2-3,5-6,11,13,15-16,28,33H,4,7-8H2,1H3. The SMILES string of the molecule is COc1ccc(O)c(C2C3=CCC4C(=O)N(O)C(=O)C4C3CC3(Cl)C(=O)N(CBr)C(=O)C23Cl)c1. The number of hydroxylamine groups is 2. The number of allylic oxidation sites excluding steroid dienone is 2. The van der Waals surface area contributed by atoms with E-state index >= 15 is 0 Å². The molecule has 0 radical (unpaired) electrons. The molecule has 0 bridgehead atoms. The van der Waals surface area contributed by atoms with Crippen LogP contribution in [-0.4, -0.2) is 66.2 Å². The topological polar surface area (TPSA) is 124 Å². The summed E-state index contributed by atoms with van der Waals surface area (Å²) in [5.41, 5.74) is 0.552. The Balaban J connectivity index is 1.78. The van der Waals surface area contributed by atoms with Crippen molar-refractivity contribution in [2.75, 3.05) is 12.6 Å². The Hall–Kier alpha value is -2.14. The van der Waals surface area contributed by atoms with Crippen molar-refractivity contribution in [3.63, 3.8) is 0 Å². The molecule has 180 valence electrons. The van der Waals surface area contributed by atoms with Gasteiger partial charge in [0.1, 0.15) is 11.5 Å². The maximum absolute atomic E-state index is 13.6. The molecular formula is C22H19BrCl2N2O7. The van der Waals surface area contributed by atoms with Gasteiger partial charge in [-0.2, -0.15) is 5.06 Å². The summed E-state index contributed by atoms with van der Waals surface area (Å²) >= 11 is 17.2. The van der Waals surface area contributed by atoms with Gasteiger partial charge < -0.3 is 9.84 Å². The highest BCUT2D eigenvalue weighted by Gasteiger charge is 2.76. The summed E-state index contributed by atoms with van der Waals surface area (Å²) in [5.74, 6) is -6.54. The fourth-order valence-corrected chi connectivity index (χ4v) is 7.39. The fourth-order valence-electron chi connectivity index (χ4n) is 5.97. The van der Waals surface area contributed by atoms with Crippen molar-refractivity contribution in [1.82, 2.24) is 9.96 Å². The first-order chi connectivity index (χ1) is 16.0. The van der Waals surface area contributed by atoms with Crippen LogP contribution >= 0.6 is 39.1 Å². The van der Waals surface area contributed by atoms with Gasteiger partial charge in [-0.15, -0.1) is 23.2 Å². The molecule has 6 atom stereocenters. The number of likely N-dealkylation sites (tertiary alicyclic amines) is 1. The smallest absolute Gasteiger partial charge is 0.257 e. The molecule has 0 aromatic heterocycles. The lowest BCUT2D eigenvalue weighted by atomic mass is 9.56. The zero-order chi connectivity index (χ0) is 24.7. The van der Waals surface area contributed by atoms with Gasteiger partial charge in [-0.3, -0.25) is 29.3 Å². The molecule has 2 aliphatic carbocycles. The Morgan fingerprint density at radius 3 is 2.50 bits per heavy atom. The zero-order valence-electron chi connectivity index (χ0n) is 17.7. The Morgan fingerprint density at radius 1 is 1.15 bits per heavy atom. The summed E-state index contributed by atoms with van der Waals surface area (Å²) in [6.07, 6.45) is 1.62. The Bertz CT molecular complexity index is 1190. The van der Waals surface area contributed by atoms with Crippen molar-refractivity contribution in [1.29, 1.82) is 0 Å². The number of rotatable bonds is 3. The van der Waals surface area contributed by atoms with Gasteiger partial charge in [0.25, 0.3) is 23.6 Å². The fraction of sp³-hybridized carbons (Fsp3) is 0.455. The van der Waals surface area contributed by atoms with Crippen LogP contribution in [0.2, 0.25) is 0 Å². The Kier molecular flexibility index (Phi) is 5.33. The highest BCUT2D eigenvalue weighted by Crippen LogP contribution is 2.66. The number of amides is 4. The van der Waals surface area contributed by atoms with E-state index in [9.17, 15) is 29.5 Å². The summed E-state index contributed by atoms with van der Waals surface area (Å²) in [7, 11) is 1.43. The molecule has 4 aliphatic rings. The molecule has 2 N–H and O–H groups in total. The number of aromatic hydroxyl groups is 1. The van der Waals surface area contributed by atoms with E-state index < -0.39 is 57.0 Å². The number of alkyl halides is 3. The number of fused-ring (bicyclic) bond motifs is 4. The number of phenolic OH excluding ortho intramolecular Hbond substituents is 1. The maximum atomic E-state index is 13.6. The van der Waals surface area contributed by atoms with Gasteiger partial charge in [-0.05, 0) is 37.0 Å². The number of carbonyl (C=O) groups excluding carboxylic acids is 4. The average molecular weight is 574 g/mol. The lowest BCUT2D eigenvalue weighted by Crippen LogP contribution is -2.60. The summed E-state index contributed by atoms with van der Waals surface area (Å²) in [6, 6.07) is 4.41. The van der Waals surface area contributed by atoms with Crippen molar-refractivity contribution in [2.24, 2.45) is 17.8 Å². The number of halogens is 3. The van der Waals surface area contributed by atoms with Crippen LogP contribution in [0, 0.1) is 17.8 Å². The number of benzene rings is 1. The van der Waals surface area contributed by atoms with Crippen LogP contribution in [0.25, 0.3) is 0 Å². The first-order valence-corrected chi connectivity index (χ1v) is 12.3. The van der Waals surface area contributed by atoms with Crippen molar-refractivity contribution >= 4 is 62.8 Å². The van der Waals surface area contributed by atoms with Crippen LogP contribution in [0.1, 0.15) is 24.3 Å². The largest absolute Gasteiger partial charge is 0.508 e. The van der Waals surface area contributed by atoms with Crippen LogP contribution in [0.15, 0.2) is 29.8 Å². The maximum Gasteiger partial charge on any atom is 0.257 e. The highest BCUT2D eigenvalue weighted by atomic mass is 79.9. The molecule has 4 amide bonds. The molecular weight excluding hydrogens is 555 g/mol. The molecule has 12 heteroatoms. The minimum Gasteiger partial charge on any atom is -0.508 e. The number of imide groups is 2. The van der Waals surface area contributed by atoms with E-state index in [1.807, 2.05) is 0 Å². The quantitative estimate of drug-likeness (QED) is 0.187. The molecule has 1 saturated carbocycles. The predicted octanol–water partition coefficient (Wildman–Crippen LogP) is 2.50. The molecule has 0 spiro atoms. The Morgan fingerprint density at radius 2 is 1.85 bits per heavy atom. The number of hydrogen-bond acceptors (Lipinski definition) is 7. The van der Waals surface area contributed by atoms with Gasteiger partial charge >= 0.3 is 0 Å². The van der Waals surface area contributed by atoms with Crippen LogP contribution in [-0.2, 0) is 19.2 Å². The van der Waals surface area contributed by atoms with Gasteiger partial charge in [0.15, 0.2) is 9.75 Å². The number of nitrogens with zero attached hydrogens (tertiary/aromatic N) is 2. The van der Waals surface area contributed by atoms with Crippen LogP contribution in [0.4, 0.5) is 0 Å². The third-order valence-corrected chi connectivity index (χ3v) is 9.45. The normalized spacial score (nSPS) is 36.9. The first kappa shape index (κ1) is 23.6. The molecule has 2 heterocycles. The van der Waals surface area contributed by atoms with Crippen LogP contribution in [0.3, 0.4) is 0 Å². The van der Waals surface area contributed by atoms with E-state index in [1.54, 1.807) is 6.08 Å². The summed E-state index contributed by atoms with van der Waals surface area (Å²) in [4.78, 5) is 49.2.